The Balaban J connectivity index is 1.84. The van der Waals surface area contributed by atoms with E-state index in [9.17, 15) is 4.79 Å². The molecule has 0 aliphatic rings. The summed E-state index contributed by atoms with van der Waals surface area (Å²) in [6.45, 7) is 0. The number of aryl methyl sites for hydroxylation is 1. The minimum atomic E-state index is -1.03. The van der Waals surface area contributed by atoms with Gasteiger partial charge in [0.05, 0.1) is 0 Å². The molecule has 2 aromatic rings. The third-order valence-corrected chi connectivity index (χ3v) is 3.18. The second-order valence-corrected chi connectivity index (χ2v) is 4.61. The summed E-state index contributed by atoms with van der Waals surface area (Å²) in [6.07, 6.45) is 0.939. The normalized spacial score (nSPS) is 10.4. The summed E-state index contributed by atoms with van der Waals surface area (Å²) in [5, 5.41) is 9.35. The highest BCUT2D eigenvalue weighted by Crippen LogP contribution is 2.21. The fourth-order valence-electron chi connectivity index (χ4n) is 1.43. The molecule has 0 atom stereocenters. The number of carbonyl (C=O) groups is 1. The molecule has 1 heterocycles. The van der Waals surface area contributed by atoms with E-state index in [0.29, 0.717) is 5.09 Å². The second kappa shape index (κ2) is 5.59. The van der Waals surface area contributed by atoms with Crippen molar-refractivity contribution in [2.24, 2.45) is 0 Å². The van der Waals surface area contributed by atoms with Gasteiger partial charge in [0.1, 0.15) is 0 Å². The van der Waals surface area contributed by atoms with Gasteiger partial charge in [-0.1, -0.05) is 42.1 Å². The summed E-state index contributed by atoms with van der Waals surface area (Å²) in [6, 6.07) is 13.3. The van der Waals surface area contributed by atoms with Gasteiger partial charge in [0, 0.05) is 5.75 Å². The van der Waals surface area contributed by atoms with Crippen LogP contribution < -0.4 is 0 Å². The van der Waals surface area contributed by atoms with Crippen LogP contribution in [0.15, 0.2) is 52.0 Å². The van der Waals surface area contributed by atoms with E-state index in [2.05, 4.69) is 12.1 Å². The monoisotopic (exact) mass is 248 g/mol. The highest BCUT2D eigenvalue weighted by molar-refractivity contribution is 7.99. The number of furan rings is 1. The van der Waals surface area contributed by atoms with E-state index in [1.165, 1.54) is 23.4 Å². The van der Waals surface area contributed by atoms with Crippen molar-refractivity contribution in [3.05, 3.63) is 53.8 Å². The van der Waals surface area contributed by atoms with Gasteiger partial charge >= 0.3 is 5.97 Å². The quantitative estimate of drug-likeness (QED) is 0.825. The molecule has 0 unspecified atom stereocenters. The molecule has 0 fully saturated rings. The second-order valence-electron chi connectivity index (χ2n) is 3.51. The van der Waals surface area contributed by atoms with Crippen LogP contribution in [-0.2, 0) is 6.42 Å². The highest BCUT2D eigenvalue weighted by atomic mass is 32.2. The molecule has 0 aliphatic heterocycles. The van der Waals surface area contributed by atoms with Gasteiger partial charge in [-0.2, -0.15) is 0 Å². The number of hydrogen-bond donors (Lipinski definition) is 1. The molecule has 0 amide bonds. The molecule has 1 aromatic carbocycles. The summed E-state index contributed by atoms with van der Waals surface area (Å²) in [5.74, 6) is -0.163. The Morgan fingerprint density at radius 1 is 1.18 bits per heavy atom. The van der Waals surface area contributed by atoms with E-state index in [-0.39, 0.29) is 5.76 Å². The van der Waals surface area contributed by atoms with Crippen molar-refractivity contribution in [1.29, 1.82) is 0 Å². The molecular formula is C13H12O3S. The largest absolute Gasteiger partial charge is 0.475 e. The van der Waals surface area contributed by atoms with Crippen LogP contribution >= 0.6 is 11.8 Å². The zero-order chi connectivity index (χ0) is 12.1. The first-order chi connectivity index (χ1) is 8.25. The van der Waals surface area contributed by atoms with Gasteiger partial charge in [-0.05, 0) is 24.1 Å². The summed E-state index contributed by atoms with van der Waals surface area (Å²) in [7, 11) is 0. The molecule has 2 rings (SSSR count). The van der Waals surface area contributed by atoms with Crippen molar-refractivity contribution in [1.82, 2.24) is 0 Å². The molecule has 1 N–H and O–H groups in total. The van der Waals surface area contributed by atoms with Crippen molar-refractivity contribution in [2.45, 2.75) is 11.5 Å². The predicted octanol–water partition coefficient (Wildman–Crippen LogP) is 3.31. The van der Waals surface area contributed by atoms with Crippen molar-refractivity contribution < 1.29 is 14.3 Å². The van der Waals surface area contributed by atoms with Gasteiger partial charge in [0.25, 0.3) is 0 Å². The maximum absolute atomic E-state index is 10.6. The number of hydrogen-bond acceptors (Lipinski definition) is 3. The maximum Gasteiger partial charge on any atom is 0.371 e. The molecule has 0 spiro atoms. The van der Waals surface area contributed by atoms with Crippen LogP contribution in [0.4, 0.5) is 0 Å². The molecule has 0 bridgehead atoms. The molecule has 3 nitrogen and oxygen atoms in total. The van der Waals surface area contributed by atoms with Crippen LogP contribution in [-0.4, -0.2) is 16.8 Å². The van der Waals surface area contributed by atoms with Crippen LogP contribution in [0, 0.1) is 0 Å². The number of rotatable bonds is 5. The summed E-state index contributed by atoms with van der Waals surface area (Å²) in [4.78, 5) is 10.6. The third kappa shape index (κ3) is 3.39. The summed E-state index contributed by atoms with van der Waals surface area (Å²) < 4.78 is 5.15. The Kier molecular flexibility index (Phi) is 3.88. The molecule has 0 aliphatic carbocycles. The SMILES string of the molecule is O=C(O)c1ccc(SCCc2ccccc2)o1. The Bertz CT molecular complexity index is 490. The minimum Gasteiger partial charge on any atom is -0.475 e. The first kappa shape index (κ1) is 11.8. The number of aromatic carboxylic acids is 1. The molecule has 17 heavy (non-hydrogen) atoms. The van der Waals surface area contributed by atoms with Crippen molar-refractivity contribution in [3.8, 4) is 0 Å². The zero-order valence-corrected chi connectivity index (χ0v) is 9.94. The molecule has 0 saturated carbocycles. The van der Waals surface area contributed by atoms with Gasteiger partial charge in [-0.15, -0.1) is 0 Å². The topological polar surface area (TPSA) is 50.4 Å². The van der Waals surface area contributed by atoms with Gasteiger partial charge in [-0.25, -0.2) is 4.79 Å². The first-order valence-corrected chi connectivity index (χ1v) is 6.24. The van der Waals surface area contributed by atoms with E-state index in [1.807, 2.05) is 18.2 Å². The Morgan fingerprint density at radius 3 is 2.59 bits per heavy atom. The van der Waals surface area contributed by atoms with Crippen LogP contribution in [0.25, 0.3) is 0 Å². The van der Waals surface area contributed by atoms with E-state index in [0.717, 1.165) is 12.2 Å². The van der Waals surface area contributed by atoms with Crippen LogP contribution in [0.3, 0.4) is 0 Å². The van der Waals surface area contributed by atoms with Gasteiger partial charge in [-0.3, -0.25) is 0 Å². The first-order valence-electron chi connectivity index (χ1n) is 5.25. The maximum atomic E-state index is 10.6. The number of benzene rings is 1. The lowest BCUT2D eigenvalue weighted by Crippen LogP contribution is -1.91. The minimum absolute atomic E-state index is 0.00721. The molecule has 0 radical (unpaired) electrons. The van der Waals surface area contributed by atoms with Crippen molar-refractivity contribution >= 4 is 17.7 Å². The lowest BCUT2D eigenvalue weighted by molar-refractivity contribution is 0.0656. The molecule has 1 aromatic heterocycles. The Morgan fingerprint density at radius 2 is 1.94 bits per heavy atom. The number of carboxylic acid groups (broad SMARTS) is 1. The van der Waals surface area contributed by atoms with E-state index in [4.69, 9.17) is 9.52 Å². The van der Waals surface area contributed by atoms with Crippen molar-refractivity contribution in [2.75, 3.05) is 5.75 Å². The van der Waals surface area contributed by atoms with Crippen LogP contribution in [0.1, 0.15) is 16.1 Å². The van der Waals surface area contributed by atoms with Gasteiger partial charge in [0.15, 0.2) is 5.09 Å². The molecule has 88 valence electrons. The average Bonchev–Trinajstić information content (AvgIpc) is 2.79. The summed E-state index contributed by atoms with van der Waals surface area (Å²) in [5.41, 5.74) is 1.27. The lowest BCUT2D eigenvalue weighted by Gasteiger charge is -1.99. The van der Waals surface area contributed by atoms with Crippen LogP contribution in [0.5, 0.6) is 0 Å². The predicted molar refractivity (Wildman–Crippen MR) is 66.5 cm³/mol. The van der Waals surface area contributed by atoms with Gasteiger partial charge < -0.3 is 9.52 Å². The molecule has 0 saturated heterocycles. The fourth-order valence-corrected chi connectivity index (χ4v) is 2.28. The van der Waals surface area contributed by atoms with Crippen LogP contribution in [0.2, 0.25) is 0 Å². The van der Waals surface area contributed by atoms with E-state index >= 15 is 0 Å². The lowest BCUT2D eigenvalue weighted by atomic mass is 10.2. The Labute approximate surface area is 103 Å². The molecule has 4 heteroatoms. The fraction of sp³-hybridized carbons (Fsp3) is 0.154. The Hall–Kier alpha value is -1.68. The molecular weight excluding hydrogens is 236 g/mol. The summed E-state index contributed by atoms with van der Waals surface area (Å²) >= 11 is 1.52. The smallest absolute Gasteiger partial charge is 0.371 e. The van der Waals surface area contributed by atoms with E-state index in [1.54, 1.807) is 6.07 Å². The third-order valence-electron chi connectivity index (χ3n) is 2.27. The average molecular weight is 248 g/mol. The zero-order valence-electron chi connectivity index (χ0n) is 9.13. The highest BCUT2D eigenvalue weighted by Gasteiger charge is 2.08. The van der Waals surface area contributed by atoms with Crippen molar-refractivity contribution in [3.63, 3.8) is 0 Å². The van der Waals surface area contributed by atoms with E-state index < -0.39 is 5.97 Å². The number of thioether (sulfide) groups is 1. The van der Waals surface area contributed by atoms with Gasteiger partial charge in [0.2, 0.25) is 5.76 Å². The number of carboxylic acids is 1. The standard InChI is InChI=1S/C13H12O3S/c14-13(15)11-6-7-12(16-11)17-9-8-10-4-2-1-3-5-10/h1-7H,8-9H2,(H,14,15).